The molecule has 2 aliphatic heterocycles. The summed E-state index contributed by atoms with van der Waals surface area (Å²) in [6, 6.07) is 0. The zero-order valence-corrected chi connectivity index (χ0v) is 14.9. The van der Waals surface area contributed by atoms with Crippen LogP contribution in [0.3, 0.4) is 0 Å². The number of nitrogens with zero attached hydrogens (tertiary/aromatic N) is 2. The number of rotatable bonds is 2. The highest BCUT2D eigenvalue weighted by Crippen LogP contribution is 2.11. The number of likely N-dealkylation sites (tertiary alicyclic amines) is 2. The summed E-state index contributed by atoms with van der Waals surface area (Å²) >= 11 is 0. The first-order valence-corrected chi connectivity index (χ1v) is 8.44. The predicted molar refractivity (Wildman–Crippen MR) is 89.4 cm³/mol. The number of hydrogen-bond acceptors (Lipinski definition) is 3. The summed E-state index contributed by atoms with van der Waals surface area (Å²) in [7, 11) is 0. The van der Waals surface area contributed by atoms with Crippen LogP contribution in [-0.2, 0) is 9.59 Å². The van der Waals surface area contributed by atoms with Gasteiger partial charge in [0.25, 0.3) is 0 Å². The minimum absolute atomic E-state index is 0.0558. The van der Waals surface area contributed by atoms with Gasteiger partial charge < -0.3 is 14.9 Å². The van der Waals surface area contributed by atoms with Crippen LogP contribution in [-0.4, -0.2) is 59.5 Å². The van der Waals surface area contributed by atoms with E-state index in [1.165, 1.54) is 12.8 Å². The molecule has 1 unspecified atom stereocenters. The van der Waals surface area contributed by atoms with Gasteiger partial charge in [0.15, 0.2) is 0 Å². The predicted octanol–water partition coefficient (Wildman–Crippen LogP) is 2.14. The van der Waals surface area contributed by atoms with Gasteiger partial charge in [0, 0.05) is 32.1 Å². The van der Waals surface area contributed by atoms with E-state index in [2.05, 4.69) is 20.8 Å². The van der Waals surface area contributed by atoms with E-state index in [-0.39, 0.29) is 17.9 Å². The Labute approximate surface area is 135 Å². The molecule has 0 aromatic heterocycles. The molecule has 2 fully saturated rings. The normalized spacial score (nSPS) is 20.5. The molecule has 0 radical (unpaired) electrons. The number of aliphatic hydroxyl groups is 1. The van der Waals surface area contributed by atoms with Crippen molar-refractivity contribution in [1.29, 1.82) is 0 Å². The molecule has 0 spiro atoms. The summed E-state index contributed by atoms with van der Waals surface area (Å²) < 4.78 is 0. The Balaban J connectivity index is 0.000000343. The molecule has 2 aliphatic rings. The van der Waals surface area contributed by atoms with Gasteiger partial charge in [-0.3, -0.25) is 9.59 Å². The van der Waals surface area contributed by atoms with Gasteiger partial charge in [-0.1, -0.05) is 34.6 Å². The van der Waals surface area contributed by atoms with E-state index in [0.29, 0.717) is 6.54 Å². The Morgan fingerprint density at radius 2 is 1.59 bits per heavy atom. The van der Waals surface area contributed by atoms with Gasteiger partial charge in [-0.2, -0.15) is 0 Å². The Hall–Kier alpha value is -1.10. The van der Waals surface area contributed by atoms with E-state index in [0.717, 1.165) is 38.4 Å². The van der Waals surface area contributed by atoms with Crippen LogP contribution in [0.25, 0.3) is 0 Å². The van der Waals surface area contributed by atoms with Gasteiger partial charge in [0.1, 0.15) is 0 Å². The van der Waals surface area contributed by atoms with Crippen molar-refractivity contribution >= 4 is 12.3 Å². The summed E-state index contributed by atoms with van der Waals surface area (Å²) in [5, 5.41) is 9.14. The zero-order chi connectivity index (χ0) is 17.1. The molecule has 0 aromatic carbocycles. The van der Waals surface area contributed by atoms with Crippen molar-refractivity contribution in [2.45, 2.75) is 60.0 Å². The molecule has 0 bridgehead atoms. The maximum Gasteiger partial charge on any atom is 0.225 e. The number of carbonyl (C=O) groups excluding carboxylic acids is 2. The lowest BCUT2D eigenvalue weighted by Crippen LogP contribution is -2.32. The summed E-state index contributed by atoms with van der Waals surface area (Å²) in [6.45, 7) is 13.5. The van der Waals surface area contributed by atoms with Gasteiger partial charge in [-0.25, -0.2) is 0 Å². The molecule has 2 amide bonds. The van der Waals surface area contributed by atoms with Crippen molar-refractivity contribution in [3.8, 4) is 0 Å². The third-order valence-electron chi connectivity index (χ3n) is 3.26. The fourth-order valence-electron chi connectivity index (χ4n) is 2.15. The van der Waals surface area contributed by atoms with Crippen molar-refractivity contribution in [1.82, 2.24) is 9.80 Å². The first-order valence-electron chi connectivity index (χ1n) is 8.44. The van der Waals surface area contributed by atoms with Crippen LogP contribution >= 0.6 is 0 Å². The second-order valence-corrected chi connectivity index (χ2v) is 6.96. The molecule has 1 N–H and O–H groups in total. The van der Waals surface area contributed by atoms with Crippen molar-refractivity contribution in [3.05, 3.63) is 0 Å². The van der Waals surface area contributed by atoms with Crippen LogP contribution in [0, 0.1) is 11.8 Å². The third kappa shape index (κ3) is 9.77. The molecule has 0 saturated carbocycles. The lowest BCUT2D eigenvalue weighted by molar-refractivity contribution is -0.133. The number of amides is 2. The number of aliphatic hydroxyl groups excluding tert-OH is 1. The SMILES string of the molecule is CC(C)C.CC(C)C(=O)N1CCC(O)C1.O=CN1CCCC1. The molecule has 5 heteroatoms. The standard InChI is InChI=1S/C8H15NO2.C5H9NO.C4H10/c1-6(2)8(11)9-4-3-7(10)5-9;7-5-6-3-1-2-4-6;1-4(2)3/h6-7,10H,3-5H2,1-2H3;5H,1-4H2;4H,1-3H3. The first kappa shape index (κ1) is 20.9. The van der Waals surface area contributed by atoms with Gasteiger partial charge in [0.05, 0.1) is 6.10 Å². The first-order chi connectivity index (χ1) is 10.3. The second-order valence-electron chi connectivity index (χ2n) is 6.96. The summed E-state index contributed by atoms with van der Waals surface area (Å²) in [5.74, 6) is 1.04. The zero-order valence-electron chi connectivity index (χ0n) is 14.9. The van der Waals surface area contributed by atoms with Crippen LogP contribution in [0.2, 0.25) is 0 Å². The average Bonchev–Trinajstić information content (AvgIpc) is 3.08. The van der Waals surface area contributed by atoms with Crippen LogP contribution in [0.1, 0.15) is 53.9 Å². The molecular formula is C17H34N2O3. The van der Waals surface area contributed by atoms with Crippen molar-refractivity contribution in [3.63, 3.8) is 0 Å². The lowest BCUT2D eigenvalue weighted by atomic mass is 10.2. The van der Waals surface area contributed by atoms with Gasteiger partial charge in [-0.15, -0.1) is 0 Å². The molecule has 0 aliphatic carbocycles. The highest BCUT2D eigenvalue weighted by atomic mass is 16.3. The van der Waals surface area contributed by atoms with E-state index in [1.807, 2.05) is 13.8 Å². The molecule has 2 heterocycles. The minimum atomic E-state index is -0.294. The topological polar surface area (TPSA) is 60.9 Å². The monoisotopic (exact) mass is 314 g/mol. The largest absolute Gasteiger partial charge is 0.391 e. The second kappa shape index (κ2) is 11.5. The van der Waals surface area contributed by atoms with Crippen LogP contribution in [0.15, 0.2) is 0 Å². The molecule has 1 atom stereocenters. The van der Waals surface area contributed by atoms with E-state index in [1.54, 1.807) is 9.80 Å². The quantitative estimate of drug-likeness (QED) is 0.794. The van der Waals surface area contributed by atoms with Crippen molar-refractivity contribution in [2.24, 2.45) is 11.8 Å². The highest BCUT2D eigenvalue weighted by molar-refractivity contribution is 5.78. The van der Waals surface area contributed by atoms with Gasteiger partial charge in [-0.05, 0) is 25.2 Å². The van der Waals surface area contributed by atoms with Crippen LogP contribution in [0.4, 0.5) is 0 Å². The molecule has 2 rings (SSSR count). The number of carbonyl (C=O) groups is 2. The molecule has 2 saturated heterocycles. The average molecular weight is 314 g/mol. The Kier molecular flexibility index (Phi) is 10.9. The smallest absolute Gasteiger partial charge is 0.225 e. The van der Waals surface area contributed by atoms with E-state index >= 15 is 0 Å². The van der Waals surface area contributed by atoms with E-state index < -0.39 is 0 Å². The summed E-state index contributed by atoms with van der Waals surface area (Å²) in [6.07, 6.45) is 3.75. The number of hydrogen-bond donors (Lipinski definition) is 1. The Morgan fingerprint density at radius 1 is 1.09 bits per heavy atom. The highest BCUT2D eigenvalue weighted by Gasteiger charge is 2.25. The molecule has 5 nitrogen and oxygen atoms in total. The molecule has 22 heavy (non-hydrogen) atoms. The Bertz CT molecular complexity index is 310. The maximum absolute atomic E-state index is 11.3. The van der Waals surface area contributed by atoms with E-state index in [9.17, 15) is 9.59 Å². The van der Waals surface area contributed by atoms with E-state index in [4.69, 9.17) is 5.11 Å². The van der Waals surface area contributed by atoms with Gasteiger partial charge in [0.2, 0.25) is 12.3 Å². The van der Waals surface area contributed by atoms with Crippen LogP contribution in [0.5, 0.6) is 0 Å². The number of β-amino-alcohol motifs (C(OH)–C–C–N with tert-alkyl or cyclic N) is 1. The fourth-order valence-corrected chi connectivity index (χ4v) is 2.15. The summed E-state index contributed by atoms with van der Waals surface area (Å²) in [5.41, 5.74) is 0. The van der Waals surface area contributed by atoms with Crippen molar-refractivity contribution in [2.75, 3.05) is 26.2 Å². The molecule has 0 aromatic rings. The van der Waals surface area contributed by atoms with Crippen LogP contribution < -0.4 is 0 Å². The van der Waals surface area contributed by atoms with Crippen molar-refractivity contribution < 1.29 is 14.7 Å². The molecule has 130 valence electrons. The lowest BCUT2D eigenvalue weighted by Gasteiger charge is -2.17. The third-order valence-corrected chi connectivity index (χ3v) is 3.26. The molecular weight excluding hydrogens is 280 g/mol. The maximum atomic E-state index is 11.3. The Morgan fingerprint density at radius 3 is 1.86 bits per heavy atom. The van der Waals surface area contributed by atoms with Gasteiger partial charge >= 0.3 is 0 Å². The minimum Gasteiger partial charge on any atom is -0.391 e. The summed E-state index contributed by atoms with van der Waals surface area (Å²) in [4.78, 5) is 24.8. The fraction of sp³-hybridized carbons (Fsp3) is 0.882.